The summed E-state index contributed by atoms with van der Waals surface area (Å²) in [5.41, 5.74) is 1.43. The first-order chi connectivity index (χ1) is 13.0. The maximum Gasteiger partial charge on any atom is 0.573 e. The summed E-state index contributed by atoms with van der Waals surface area (Å²) in [4.78, 5) is 0. The molecular formula is C18H22F3N3O3. The Morgan fingerprint density at radius 3 is 2.70 bits per heavy atom. The van der Waals surface area contributed by atoms with E-state index >= 15 is 0 Å². The van der Waals surface area contributed by atoms with Crippen LogP contribution in [0.4, 0.5) is 13.2 Å². The first-order valence-electron chi connectivity index (χ1n) is 8.73. The zero-order valence-electron chi connectivity index (χ0n) is 15.0. The van der Waals surface area contributed by atoms with E-state index in [9.17, 15) is 13.2 Å². The van der Waals surface area contributed by atoms with Gasteiger partial charge in [-0.3, -0.25) is 4.68 Å². The van der Waals surface area contributed by atoms with E-state index in [0.29, 0.717) is 24.0 Å². The molecule has 1 aliphatic rings. The predicted molar refractivity (Wildman–Crippen MR) is 92.9 cm³/mol. The summed E-state index contributed by atoms with van der Waals surface area (Å²) in [7, 11) is 1.52. The Morgan fingerprint density at radius 2 is 2.00 bits per heavy atom. The van der Waals surface area contributed by atoms with Gasteiger partial charge in [0.15, 0.2) is 0 Å². The van der Waals surface area contributed by atoms with Crippen LogP contribution in [0.2, 0.25) is 0 Å². The van der Waals surface area contributed by atoms with Crippen LogP contribution in [0.3, 0.4) is 0 Å². The van der Waals surface area contributed by atoms with Crippen LogP contribution in [0.15, 0.2) is 30.6 Å². The molecule has 0 spiro atoms. The van der Waals surface area contributed by atoms with Crippen molar-refractivity contribution in [1.82, 2.24) is 15.1 Å². The zero-order valence-corrected chi connectivity index (χ0v) is 15.0. The average molecular weight is 385 g/mol. The Hall–Kier alpha value is -2.26. The molecule has 0 saturated carbocycles. The summed E-state index contributed by atoms with van der Waals surface area (Å²) in [5, 5.41) is 7.74. The lowest BCUT2D eigenvalue weighted by Gasteiger charge is -2.22. The van der Waals surface area contributed by atoms with Gasteiger partial charge in [0, 0.05) is 30.5 Å². The lowest BCUT2D eigenvalue weighted by atomic mass is 10.1. The quantitative estimate of drug-likeness (QED) is 0.741. The van der Waals surface area contributed by atoms with Crippen molar-refractivity contribution in [2.24, 2.45) is 0 Å². The molecule has 27 heavy (non-hydrogen) atoms. The van der Waals surface area contributed by atoms with Crippen LogP contribution in [0.25, 0.3) is 11.1 Å². The van der Waals surface area contributed by atoms with Crippen LogP contribution in [-0.4, -0.2) is 49.6 Å². The van der Waals surface area contributed by atoms with Gasteiger partial charge in [-0.15, -0.1) is 13.2 Å². The van der Waals surface area contributed by atoms with Gasteiger partial charge in [-0.1, -0.05) is 0 Å². The number of aromatic nitrogens is 2. The summed E-state index contributed by atoms with van der Waals surface area (Å²) in [5.74, 6) is -0.0388. The van der Waals surface area contributed by atoms with Gasteiger partial charge in [-0.05, 0) is 38.1 Å². The van der Waals surface area contributed by atoms with Gasteiger partial charge in [0.05, 0.1) is 18.8 Å². The number of hydrogen-bond donors (Lipinski definition) is 1. The van der Waals surface area contributed by atoms with Crippen molar-refractivity contribution in [3.05, 3.63) is 30.6 Å². The molecule has 0 unspecified atom stereocenters. The smallest absolute Gasteiger partial charge is 0.490 e. The predicted octanol–water partition coefficient (Wildman–Crippen LogP) is 3.40. The molecule has 0 radical (unpaired) electrons. The molecule has 3 rings (SSSR count). The Balaban J connectivity index is 1.85. The fourth-order valence-electron chi connectivity index (χ4n) is 3.04. The minimum absolute atomic E-state index is 0.210. The standard InChI is InChI=1S/C18H22F3N3O3/c1-25-8-9-26-17-10-15(27-18(19,20)21)2-3-16(17)13-11-23-24(12-13)14-4-6-22-7-5-14/h2-3,10-12,14,22H,4-9H2,1H3. The number of nitrogens with one attached hydrogen (secondary N) is 1. The molecule has 0 amide bonds. The van der Waals surface area contributed by atoms with Crippen molar-refractivity contribution in [2.45, 2.75) is 25.2 Å². The van der Waals surface area contributed by atoms with Crippen molar-refractivity contribution in [2.75, 3.05) is 33.4 Å². The number of benzene rings is 1. The molecule has 1 fully saturated rings. The molecular weight excluding hydrogens is 363 g/mol. The summed E-state index contributed by atoms with van der Waals surface area (Å²) in [6, 6.07) is 4.37. The van der Waals surface area contributed by atoms with Gasteiger partial charge < -0.3 is 19.5 Å². The van der Waals surface area contributed by atoms with Crippen molar-refractivity contribution >= 4 is 0 Å². The average Bonchev–Trinajstić information content (AvgIpc) is 3.11. The Kier molecular flexibility index (Phi) is 6.22. The molecule has 0 aliphatic carbocycles. The van der Waals surface area contributed by atoms with Crippen LogP contribution < -0.4 is 14.8 Å². The molecule has 2 aromatic rings. The van der Waals surface area contributed by atoms with Gasteiger partial charge in [-0.25, -0.2) is 0 Å². The number of nitrogens with zero attached hydrogens (tertiary/aromatic N) is 2. The molecule has 6 nitrogen and oxygen atoms in total. The fourth-order valence-corrected chi connectivity index (χ4v) is 3.04. The third kappa shape index (κ3) is 5.36. The van der Waals surface area contributed by atoms with Gasteiger partial charge in [0.1, 0.15) is 18.1 Å². The van der Waals surface area contributed by atoms with E-state index in [1.807, 2.05) is 10.9 Å². The van der Waals surface area contributed by atoms with Crippen molar-refractivity contribution in [3.63, 3.8) is 0 Å². The number of halogens is 3. The zero-order chi connectivity index (χ0) is 19.3. The number of piperidine rings is 1. The highest BCUT2D eigenvalue weighted by Gasteiger charge is 2.31. The van der Waals surface area contributed by atoms with E-state index < -0.39 is 6.36 Å². The third-order valence-electron chi connectivity index (χ3n) is 4.33. The number of alkyl halides is 3. The van der Waals surface area contributed by atoms with Gasteiger partial charge in [0.25, 0.3) is 0 Å². The molecule has 1 aromatic heterocycles. The number of methoxy groups -OCH3 is 1. The summed E-state index contributed by atoms with van der Waals surface area (Å²) in [6.07, 6.45) is 0.808. The van der Waals surface area contributed by atoms with Crippen LogP contribution >= 0.6 is 0 Å². The molecule has 1 N–H and O–H groups in total. The minimum atomic E-state index is -4.76. The second kappa shape index (κ2) is 8.62. The number of hydrogen-bond acceptors (Lipinski definition) is 5. The fraction of sp³-hybridized carbons (Fsp3) is 0.500. The Morgan fingerprint density at radius 1 is 1.22 bits per heavy atom. The van der Waals surface area contributed by atoms with E-state index in [4.69, 9.17) is 9.47 Å². The van der Waals surface area contributed by atoms with Crippen LogP contribution in [-0.2, 0) is 4.74 Å². The van der Waals surface area contributed by atoms with Crippen LogP contribution in [0, 0.1) is 0 Å². The van der Waals surface area contributed by atoms with E-state index in [1.54, 1.807) is 12.3 Å². The van der Waals surface area contributed by atoms with Gasteiger partial charge in [-0.2, -0.15) is 5.10 Å². The van der Waals surface area contributed by atoms with Crippen LogP contribution in [0.5, 0.6) is 11.5 Å². The second-order valence-electron chi connectivity index (χ2n) is 6.24. The SMILES string of the molecule is COCCOc1cc(OC(F)(F)F)ccc1-c1cnn(C2CCNCC2)c1. The molecule has 1 saturated heterocycles. The molecule has 148 valence electrons. The maximum atomic E-state index is 12.5. The first kappa shape index (κ1) is 19.5. The molecule has 0 bridgehead atoms. The minimum Gasteiger partial charge on any atom is -0.490 e. The molecule has 1 aromatic carbocycles. The topological polar surface area (TPSA) is 57.5 Å². The summed E-state index contributed by atoms with van der Waals surface area (Å²) >= 11 is 0. The lowest BCUT2D eigenvalue weighted by Crippen LogP contribution is -2.29. The lowest BCUT2D eigenvalue weighted by molar-refractivity contribution is -0.274. The highest BCUT2D eigenvalue weighted by atomic mass is 19.4. The first-order valence-corrected chi connectivity index (χ1v) is 8.73. The van der Waals surface area contributed by atoms with E-state index in [1.165, 1.54) is 19.2 Å². The van der Waals surface area contributed by atoms with Gasteiger partial charge in [0.2, 0.25) is 0 Å². The monoisotopic (exact) mass is 385 g/mol. The van der Waals surface area contributed by atoms with Gasteiger partial charge >= 0.3 is 6.36 Å². The van der Waals surface area contributed by atoms with Crippen molar-refractivity contribution in [1.29, 1.82) is 0 Å². The third-order valence-corrected chi connectivity index (χ3v) is 4.33. The number of ether oxygens (including phenoxy) is 3. The summed E-state index contributed by atoms with van der Waals surface area (Å²) < 4.78 is 54.0. The summed E-state index contributed by atoms with van der Waals surface area (Å²) in [6.45, 7) is 2.41. The van der Waals surface area contributed by atoms with Crippen molar-refractivity contribution < 1.29 is 27.4 Å². The van der Waals surface area contributed by atoms with Crippen molar-refractivity contribution in [3.8, 4) is 22.6 Å². The highest BCUT2D eigenvalue weighted by molar-refractivity contribution is 5.70. The van der Waals surface area contributed by atoms with E-state index in [0.717, 1.165) is 31.5 Å². The Labute approximate surface area is 155 Å². The molecule has 9 heteroatoms. The highest BCUT2D eigenvalue weighted by Crippen LogP contribution is 2.35. The number of rotatable bonds is 7. The Bertz CT molecular complexity index is 743. The van der Waals surface area contributed by atoms with E-state index in [2.05, 4.69) is 15.2 Å². The molecule has 2 heterocycles. The normalized spacial score (nSPS) is 15.7. The van der Waals surface area contributed by atoms with Crippen LogP contribution in [0.1, 0.15) is 18.9 Å². The second-order valence-corrected chi connectivity index (χ2v) is 6.24. The molecule has 0 atom stereocenters. The van der Waals surface area contributed by atoms with E-state index in [-0.39, 0.29) is 12.4 Å². The molecule has 1 aliphatic heterocycles. The largest absolute Gasteiger partial charge is 0.573 e. The maximum absolute atomic E-state index is 12.5.